The Balaban J connectivity index is 2.84. The molecule has 8 heteroatoms. The number of nitrogens with one attached hydrogen (secondary N) is 1. The first kappa shape index (κ1) is 14.7. The molecule has 0 aromatic heterocycles. The Morgan fingerprint density at radius 3 is 2.22 bits per heavy atom. The van der Waals surface area contributed by atoms with E-state index in [0.717, 1.165) is 0 Å². The Morgan fingerprint density at radius 2 is 1.89 bits per heavy atom. The molecule has 1 saturated heterocycles. The standard InChI is InChI=1S/C10H17NO6S/c1-9(2,3)17-8(14)11-10(7(12)13)4-5-18(15,16)6-10/h4-6H2,1-3H3,(H,11,14)(H,12,13)/t10-/m1/s1. The molecule has 0 saturated carbocycles. The third-order valence-corrected chi connectivity index (χ3v) is 4.21. The number of hydrogen-bond acceptors (Lipinski definition) is 5. The molecule has 0 spiro atoms. The lowest BCUT2D eigenvalue weighted by atomic mass is 10.00. The number of alkyl carbamates (subject to hydrolysis) is 1. The van der Waals surface area contributed by atoms with Crippen LogP contribution in [0.2, 0.25) is 0 Å². The highest BCUT2D eigenvalue weighted by Crippen LogP contribution is 2.24. The highest BCUT2D eigenvalue weighted by atomic mass is 32.2. The Labute approximate surface area is 105 Å². The number of carbonyl (C=O) groups excluding carboxylic acids is 1. The minimum atomic E-state index is -3.44. The summed E-state index contributed by atoms with van der Waals surface area (Å²) < 4.78 is 27.7. The third kappa shape index (κ3) is 3.59. The van der Waals surface area contributed by atoms with E-state index in [-0.39, 0.29) is 12.2 Å². The average molecular weight is 279 g/mol. The van der Waals surface area contributed by atoms with Crippen LogP contribution < -0.4 is 5.32 Å². The summed E-state index contributed by atoms with van der Waals surface area (Å²) in [6.07, 6.45) is -1.08. The maximum Gasteiger partial charge on any atom is 0.408 e. The van der Waals surface area contributed by atoms with Gasteiger partial charge in [-0.15, -0.1) is 0 Å². The van der Waals surface area contributed by atoms with Crippen molar-refractivity contribution in [2.24, 2.45) is 0 Å². The lowest BCUT2D eigenvalue weighted by Crippen LogP contribution is -2.56. The number of amides is 1. The lowest BCUT2D eigenvalue weighted by molar-refractivity contribution is -0.143. The molecule has 1 amide bonds. The quantitative estimate of drug-likeness (QED) is 0.744. The Kier molecular flexibility index (Phi) is 3.62. The molecule has 7 nitrogen and oxygen atoms in total. The van der Waals surface area contributed by atoms with Crippen molar-refractivity contribution < 1.29 is 27.9 Å². The fourth-order valence-corrected chi connectivity index (χ4v) is 3.56. The van der Waals surface area contributed by atoms with Gasteiger partial charge in [-0.3, -0.25) is 0 Å². The van der Waals surface area contributed by atoms with Gasteiger partial charge in [0.15, 0.2) is 15.4 Å². The first-order valence-corrected chi connectivity index (χ1v) is 7.23. The average Bonchev–Trinajstić information content (AvgIpc) is 2.39. The van der Waals surface area contributed by atoms with E-state index < -0.39 is 38.8 Å². The SMILES string of the molecule is CC(C)(C)OC(=O)N[C@]1(C(=O)O)CCS(=O)(=O)C1. The van der Waals surface area contributed by atoms with Crippen LogP contribution in [0.5, 0.6) is 0 Å². The van der Waals surface area contributed by atoms with Crippen molar-refractivity contribution in [2.45, 2.75) is 38.3 Å². The van der Waals surface area contributed by atoms with Gasteiger partial charge < -0.3 is 15.2 Å². The second-order valence-corrected chi connectivity index (χ2v) is 7.54. The maximum atomic E-state index is 11.5. The molecule has 104 valence electrons. The van der Waals surface area contributed by atoms with Crippen LogP contribution in [0.1, 0.15) is 27.2 Å². The van der Waals surface area contributed by atoms with E-state index in [1.165, 1.54) is 0 Å². The van der Waals surface area contributed by atoms with Gasteiger partial charge in [0.2, 0.25) is 0 Å². The highest BCUT2D eigenvalue weighted by molar-refractivity contribution is 7.91. The van der Waals surface area contributed by atoms with Gasteiger partial charge in [-0.05, 0) is 27.2 Å². The summed E-state index contributed by atoms with van der Waals surface area (Å²) in [5.74, 6) is -2.22. The first-order chi connectivity index (χ1) is 7.96. The number of carboxylic acid groups (broad SMARTS) is 1. The minimum Gasteiger partial charge on any atom is -0.479 e. The predicted octanol–water partition coefficient (Wildman–Crippen LogP) is 0.153. The molecule has 1 atom stereocenters. The number of carboxylic acids is 1. The topological polar surface area (TPSA) is 110 Å². The zero-order valence-corrected chi connectivity index (χ0v) is 11.3. The molecular formula is C10H17NO6S. The lowest BCUT2D eigenvalue weighted by Gasteiger charge is -2.27. The van der Waals surface area contributed by atoms with Crippen molar-refractivity contribution in [3.63, 3.8) is 0 Å². The van der Waals surface area contributed by atoms with E-state index in [2.05, 4.69) is 5.32 Å². The van der Waals surface area contributed by atoms with Crippen molar-refractivity contribution in [1.82, 2.24) is 5.32 Å². The van der Waals surface area contributed by atoms with E-state index in [9.17, 15) is 18.0 Å². The van der Waals surface area contributed by atoms with Crippen LogP contribution in [0, 0.1) is 0 Å². The summed E-state index contributed by atoms with van der Waals surface area (Å²) in [4.78, 5) is 22.7. The van der Waals surface area contributed by atoms with E-state index in [1.54, 1.807) is 20.8 Å². The number of hydrogen-bond donors (Lipinski definition) is 2. The van der Waals surface area contributed by atoms with E-state index in [0.29, 0.717) is 0 Å². The van der Waals surface area contributed by atoms with Crippen molar-refractivity contribution in [3.8, 4) is 0 Å². The van der Waals surface area contributed by atoms with E-state index in [4.69, 9.17) is 9.84 Å². The molecule has 18 heavy (non-hydrogen) atoms. The molecule has 0 aromatic carbocycles. The second-order valence-electron chi connectivity index (χ2n) is 5.36. The van der Waals surface area contributed by atoms with Crippen molar-refractivity contribution >= 4 is 21.9 Å². The first-order valence-electron chi connectivity index (χ1n) is 5.41. The van der Waals surface area contributed by atoms with Crippen LogP contribution in [0.15, 0.2) is 0 Å². The molecule has 2 N–H and O–H groups in total. The van der Waals surface area contributed by atoms with Gasteiger partial charge in [-0.25, -0.2) is 18.0 Å². The van der Waals surface area contributed by atoms with Crippen LogP contribution in [-0.4, -0.2) is 48.2 Å². The monoisotopic (exact) mass is 279 g/mol. The molecule has 0 aromatic rings. The van der Waals surface area contributed by atoms with Crippen LogP contribution in [-0.2, 0) is 19.4 Å². The number of aliphatic carboxylic acids is 1. The molecular weight excluding hydrogens is 262 g/mol. The van der Waals surface area contributed by atoms with Crippen LogP contribution in [0.3, 0.4) is 0 Å². The number of ether oxygens (including phenoxy) is 1. The van der Waals surface area contributed by atoms with Crippen LogP contribution in [0.25, 0.3) is 0 Å². The van der Waals surface area contributed by atoms with Gasteiger partial charge in [0.25, 0.3) is 0 Å². The molecule has 1 aliphatic rings. The summed E-state index contributed by atoms with van der Waals surface area (Å²) in [5.41, 5.74) is -2.55. The minimum absolute atomic E-state index is 0.149. The van der Waals surface area contributed by atoms with E-state index in [1.807, 2.05) is 0 Å². The molecule has 1 fully saturated rings. The van der Waals surface area contributed by atoms with Crippen molar-refractivity contribution in [3.05, 3.63) is 0 Å². The van der Waals surface area contributed by atoms with Gasteiger partial charge in [-0.2, -0.15) is 0 Å². The number of sulfone groups is 1. The van der Waals surface area contributed by atoms with Gasteiger partial charge in [0.05, 0.1) is 11.5 Å². The normalized spacial score (nSPS) is 26.6. The zero-order chi connectivity index (χ0) is 14.2. The van der Waals surface area contributed by atoms with Crippen LogP contribution in [0.4, 0.5) is 4.79 Å². The largest absolute Gasteiger partial charge is 0.479 e. The fraction of sp³-hybridized carbons (Fsp3) is 0.800. The number of rotatable bonds is 2. The molecule has 1 aliphatic heterocycles. The molecule has 0 unspecified atom stereocenters. The summed E-state index contributed by atoms with van der Waals surface area (Å²) in [6.45, 7) is 4.89. The Morgan fingerprint density at radius 1 is 1.33 bits per heavy atom. The third-order valence-electron chi connectivity index (χ3n) is 2.46. The molecule has 1 rings (SSSR count). The van der Waals surface area contributed by atoms with Gasteiger partial charge in [0.1, 0.15) is 5.60 Å². The maximum absolute atomic E-state index is 11.5. The summed E-state index contributed by atoms with van der Waals surface area (Å²) in [5, 5.41) is 11.3. The predicted molar refractivity (Wildman–Crippen MR) is 63.0 cm³/mol. The smallest absolute Gasteiger partial charge is 0.408 e. The van der Waals surface area contributed by atoms with Crippen LogP contribution >= 0.6 is 0 Å². The summed E-state index contributed by atoms with van der Waals surface area (Å²) >= 11 is 0. The molecule has 0 radical (unpaired) electrons. The zero-order valence-electron chi connectivity index (χ0n) is 10.5. The van der Waals surface area contributed by atoms with Gasteiger partial charge >= 0.3 is 12.1 Å². The molecule has 0 aliphatic carbocycles. The second kappa shape index (κ2) is 4.42. The molecule has 0 bridgehead atoms. The molecule has 1 heterocycles. The highest BCUT2D eigenvalue weighted by Gasteiger charge is 2.50. The Hall–Kier alpha value is -1.31. The van der Waals surface area contributed by atoms with Crippen molar-refractivity contribution in [2.75, 3.05) is 11.5 Å². The summed E-state index contributed by atoms with van der Waals surface area (Å²) in [7, 11) is -3.44. The Bertz CT molecular complexity index is 463. The summed E-state index contributed by atoms with van der Waals surface area (Å²) in [6, 6.07) is 0. The van der Waals surface area contributed by atoms with E-state index >= 15 is 0 Å². The van der Waals surface area contributed by atoms with Gasteiger partial charge in [0, 0.05) is 0 Å². The van der Waals surface area contributed by atoms with Crippen molar-refractivity contribution in [1.29, 1.82) is 0 Å². The van der Waals surface area contributed by atoms with Gasteiger partial charge in [-0.1, -0.05) is 0 Å². The number of carbonyl (C=O) groups is 2. The fourth-order valence-electron chi connectivity index (χ4n) is 1.67.